The molecule has 0 radical (unpaired) electrons. The van der Waals surface area contributed by atoms with Crippen molar-refractivity contribution in [3.8, 4) is 0 Å². The number of nitrogen functional groups attached to an aromatic ring is 1. The Kier molecular flexibility index (Phi) is 3.70. The van der Waals surface area contributed by atoms with Gasteiger partial charge < -0.3 is 10.6 Å². The molecule has 22 heavy (non-hydrogen) atoms. The summed E-state index contributed by atoms with van der Waals surface area (Å²) in [6.07, 6.45) is 4.16. The Morgan fingerprint density at radius 1 is 1.32 bits per heavy atom. The number of anilines is 1. The van der Waals surface area contributed by atoms with Crippen LogP contribution in [0, 0.1) is 11.6 Å². The van der Waals surface area contributed by atoms with E-state index >= 15 is 0 Å². The summed E-state index contributed by atoms with van der Waals surface area (Å²) >= 11 is 0. The monoisotopic (exact) mass is 304 g/mol. The van der Waals surface area contributed by atoms with Crippen molar-refractivity contribution >= 4 is 11.7 Å². The highest BCUT2D eigenvalue weighted by Gasteiger charge is 2.35. The molecule has 0 unspecified atom stereocenters. The van der Waals surface area contributed by atoms with Gasteiger partial charge >= 0.3 is 0 Å². The molecule has 114 valence electrons. The molecule has 1 aliphatic rings. The average molecular weight is 304 g/mol. The third-order valence-electron chi connectivity index (χ3n) is 3.61. The molecule has 1 heterocycles. The van der Waals surface area contributed by atoms with Crippen LogP contribution in [0.15, 0.2) is 30.7 Å². The molecule has 5 nitrogen and oxygen atoms in total. The van der Waals surface area contributed by atoms with Gasteiger partial charge in [-0.1, -0.05) is 6.07 Å². The van der Waals surface area contributed by atoms with Crippen LogP contribution in [-0.4, -0.2) is 26.8 Å². The summed E-state index contributed by atoms with van der Waals surface area (Å²) in [5.41, 5.74) is 5.70. The Hall–Kier alpha value is -2.57. The van der Waals surface area contributed by atoms with Crippen LogP contribution in [0.2, 0.25) is 0 Å². The number of aromatic nitrogens is 2. The Bertz CT molecular complexity index is 698. The van der Waals surface area contributed by atoms with E-state index in [4.69, 9.17) is 5.73 Å². The Balaban J connectivity index is 1.91. The van der Waals surface area contributed by atoms with E-state index in [1.165, 1.54) is 35.6 Å². The number of benzene rings is 1. The molecule has 0 bridgehead atoms. The maximum absolute atomic E-state index is 13.8. The fourth-order valence-corrected chi connectivity index (χ4v) is 2.27. The normalized spacial score (nSPS) is 13.9. The van der Waals surface area contributed by atoms with Crippen molar-refractivity contribution in [3.05, 3.63) is 53.5 Å². The summed E-state index contributed by atoms with van der Waals surface area (Å²) in [7, 11) is 0. The largest absolute Gasteiger partial charge is 0.383 e. The topological polar surface area (TPSA) is 72.1 Å². The van der Waals surface area contributed by atoms with Gasteiger partial charge in [0.05, 0.1) is 6.54 Å². The van der Waals surface area contributed by atoms with Gasteiger partial charge in [0.1, 0.15) is 29.3 Å². The fourth-order valence-electron chi connectivity index (χ4n) is 2.27. The quantitative estimate of drug-likeness (QED) is 0.939. The minimum Gasteiger partial charge on any atom is -0.383 e. The van der Waals surface area contributed by atoms with Crippen LogP contribution in [0.4, 0.5) is 14.6 Å². The second-order valence-corrected chi connectivity index (χ2v) is 5.19. The first-order valence-electron chi connectivity index (χ1n) is 6.87. The van der Waals surface area contributed by atoms with Gasteiger partial charge in [0.15, 0.2) is 0 Å². The minimum absolute atomic E-state index is 0.0360. The third kappa shape index (κ3) is 2.74. The lowest BCUT2D eigenvalue weighted by Gasteiger charge is -2.23. The zero-order valence-corrected chi connectivity index (χ0v) is 11.7. The molecule has 0 atom stereocenters. The molecule has 7 heteroatoms. The number of nitrogens with zero attached hydrogens (tertiary/aromatic N) is 3. The van der Waals surface area contributed by atoms with Gasteiger partial charge in [-0.05, 0) is 25.0 Å². The van der Waals surface area contributed by atoms with E-state index in [-0.39, 0.29) is 29.5 Å². The number of halogens is 2. The maximum Gasteiger partial charge on any atom is 0.259 e. The van der Waals surface area contributed by atoms with E-state index in [1.807, 2.05) is 0 Å². The zero-order valence-electron chi connectivity index (χ0n) is 11.7. The number of carbonyl (C=O) groups excluding carboxylic acids is 1. The SMILES string of the molecule is Nc1ncncc1C(=O)N(Cc1c(F)cccc1F)C1CC1. The molecule has 1 amide bonds. The van der Waals surface area contributed by atoms with Crippen molar-refractivity contribution in [2.75, 3.05) is 5.73 Å². The molecule has 1 fully saturated rings. The summed E-state index contributed by atoms with van der Waals surface area (Å²) in [5.74, 6) is -1.70. The molecule has 3 rings (SSSR count). The highest BCUT2D eigenvalue weighted by atomic mass is 19.1. The molecular formula is C15H14F2N4O. The molecule has 2 N–H and O–H groups in total. The average Bonchev–Trinajstić information content (AvgIpc) is 3.31. The van der Waals surface area contributed by atoms with Gasteiger partial charge in [0, 0.05) is 17.8 Å². The van der Waals surface area contributed by atoms with Crippen LogP contribution in [0.25, 0.3) is 0 Å². The lowest BCUT2D eigenvalue weighted by molar-refractivity contribution is 0.0727. The van der Waals surface area contributed by atoms with E-state index in [0.29, 0.717) is 0 Å². The van der Waals surface area contributed by atoms with Gasteiger partial charge in [-0.3, -0.25) is 4.79 Å². The highest BCUT2D eigenvalue weighted by Crippen LogP contribution is 2.31. The second-order valence-electron chi connectivity index (χ2n) is 5.19. The van der Waals surface area contributed by atoms with Crippen molar-refractivity contribution < 1.29 is 13.6 Å². The summed E-state index contributed by atoms with van der Waals surface area (Å²) in [5, 5.41) is 0. The van der Waals surface area contributed by atoms with Gasteiger partial charge in [-0.15, -0.1) is 0 Å². The molecule has 0 saturated heterocycles. The predicted molar refractivity (Wildman–Crippen MR) is 75.7 cm³/mol. The van der Waals surface area contributed by atoms with Crippen molar-refractivity contribution in [2.45, 2.75) is 25.4 Å². The summed E-state index contributed by atoms with van der Waals surface area (Å²) in [6.45, 7) is -0.143. The highest BCUT2D eigenvalue weighted by molar-refractivity contribution is 5.98. The maximum atomic E-state index is 13.8. The molecule has 0 spiro atoms. The Morgan fingerprint density at radius 3 is 2.59 bits per heavy atom. The summed E-state index contributed by atoms with van der Waals surface area (Å²) in [6, 6.07) is 3.61. The van der Waals surface area contributed by atoms with Crippen molar-refractivity contribution in [1.29, 1.82) is 0 Å². The first kappa shape index (κ1) is 14.4. The molecule has 1 aromatic carbocycles. The summed E-state index contributed by atoms with van der Waals surface area (Å²) < 4.78 is 27.6. The van der Waals surface area contributed by atoms with Gasteiger partial charge in [-0.2, -0.15) is 0 Å². The van der Waals surface area contributed by atoms with E-state index in [9.17, 15) is 13.6 Å². The third-order valence-corrected chi connectivity index (χ3v) is 3.61. The number of nitrogens with two attached hydrogens (primary N) is 1. The lowest BCUT2D eigenvalue weighted by Crippen LogP contribution is -2.34. The smallest absolute Gasteiger partial charge is 0.259 e. The molecular weight excluding hydrogens is 290 g/mol. The number of rotatable bonds is 4. The number of hydrogen-bond donors (Lipinski definition) is 1. The van der Waals surface area contributed by atoms with Gasteiger partial charge in [0.2, 0.25) is 0 Å². The van der Waals surface area contributed by atoms with Crippen LogP contribution in [0.3, 0.4) is 0 Å². The Morgan fingerprint density at radius 2 is 2.00 bits per heavy atom. The van der Waals surface area contributed by atoms with E-state index in [1.54, 1.807) is 0 Å². The van der Waals surface area contributed by atoms with Crippen molar-refractivity contribution in [1.82, 2.24) is 14.9 Å². The van der Waals surface area contributed by atoms with Crippen molar-refractivity contribution in [3.63, 3.8) is 0 Å². The van der Waals surface area contributed by atoms with Gasteiger partial charge in [-0.25, -0.2) is 18.7 Å². The molecule has 1 aliphatic carbocycles. The van der Waals surface area contributed by atoms with Crippen molar-refractivity contribution in [2.24, 2.45) is 0 Å². The first-order valence-corrected chi connectivity index (χ1v) is 6.87. The summed E-state index contributed by atoms with van der Waals surface area (Å²) in [4.78, 5) is 21.6. The van der Waals surface area contributed by atoms with E-state index in [0.717, 1.165) is 12.8 Å². The number of hydrogen-bond acceptors (Lipinski definition) is 4. The number of carbonyl (C=O) groups is 1. The molecule has 1 saturated carbocycles. The van der Waals surface area contributed by atoms with E-state index < -0.39 is 17.5 Å². The minimum atomic E-state index is -0.671. The molecule has 0 aliphatic heterocycles. The van der Waals surface area contributed by atoms with Crippen LogP contribution in [-0.2, 0) is 6.54 Å². The predicted octanol–water partition coefficient (Wildman–Crippen LogP) is 2.14. The zero-order chi connectivity index (χ0) is 15.7. The van der Waals surface area contributed by atoms with E-state index in [2.05, 4.69) is 9.97 Å². The first-order chi connectivity index (χ1) is 10.6. The van der Waals surface area contributed by atoms with Gasteiger partial charge in [0.25, 0.3) is 5.91 Å². The lowest BCUT2D eigenvalue weighted by atomic mass is 10.1. The molecule has 1 aromatic heterocycles. The second kappa shape index (κ2) is 5.67. The van der Waals surface area contributed by atoms with Crippen LogP contribution < -0.4 is 5.73 Å². The fraction of sp³-hybridized carbons (Fsp3) is 0.267. The molecule has 2 aromatic rings. The Labute approximate surface area is 125 Å². The number of amides is 1. The standard InChI is InChI=1S/C15H14F2N4O/c16-12-2-1-3-13(17)11(12)7-21(9-4-5-9)15(22)10-6-19-8-20-14(10)18/h1-3,6,8-9H,4-5,7H2,(H2,18,19,20). The van der Waals surface area contributed by atoms with Crippen LogP contribution in [0.5, 0.6) is 0 Å². The van der Waals surface area contributed by atoms with Crippen LogP contribution >= 0.6 is 0 Å². The van der Waals surface area contributed by atoms with Crippen LogP contribution in [0.1, 0.15) is 28.8 Å².